The van der Waals surface area contributed by atoms with Gasteiger partial charge in [-0.3, -0.25) is 0 Å². The number of aliphatic imine (C=N–C) groups is 1. The van der Waals surface area contributed by atoms with Crippen molar-refractivity contribution in [3.8, 4) is 5.75 Å². The molecule has 2 aliphatic rings. The molecule has 31 heavy (non-hydrogen) atoms. The van der Waals surface area contributed by atoms with Crippen LogP contribution in [-0.4, -0.2) is 40.6 Å². The molecular weight excluding hydrogens is 411 g/mol. The number of rotatable bonds is 5. The molecule has 160 valence electrons. The Morgan fingerprint density at radius 1 is 1.26 bits per heavy atom. The van der Waals surface area contributed by atoms with Crippen LogP contribution >= 0.6 is 0 Å². The van der Waals surface area contributed by atoms with Crippen molar-refractivity contribution < 1.29 is 22.6 Å². The van der Waals surface area contributed by atoms with E-state index in [-0.39, 0.29) is 18.0 Å². The molecule has 7 nitrogen and oxygen atoms in total. The molecule has 0 unspecified atom stereocenters. The highest BCUT2D eigenvalue weighted by atomic mass is 19.3. The van der Waals surface area contributed by atoms with Crippen LogP contribution in [0.25, 0.3) is 11.0 Å². The van der Waals surface area contributed by atoms with Gasteiger partial charge in [0.15, 0.2) is 5.54 Å². The number of hydrogen-bond acceptors (Lipinski definition) is 7. The first-order valence-electron chi connectivity index (χ1n) is 9.65. The molecule has 1 fully saturated rings. The Balaban J connectivity index is 1.57. The predicted octanol–water partition coefficient (Wildman–Crippen LogP) is 2.96. The zero-order valence-electron chi connectivity index (χ0n) is 16.4. The second kappa shape index (κ2) is 7.07. The van der Waals surface area contributed by atoms with Crippen molar-refractivity contribution in [1.29, 1.82) is 0 Å². The lowest BCUT2D eigenvalue weighted by Gasteiger charge is -2.33. The molecule has 10 heteroatoms. The van der Waals surface area contributed by atoms with E-state index >= 15 is 0 Å². The Morgan fingerprint density at radius 2 is 2.10 bits per heavy atom. The summed E-state index contributed by atoms with van der Waals surface area (Å²) in [5.74, 6) is -0.837. The van der Waals surface area contributed by atoms with Crippen LogP contribution in [-0.2, 0) is 16.7 Å². The number of methoxy groups -OCH3 is 1. The molecule has 3 aromatic rings. The van der Waals surface area contributed by atoms with Crippen LogP contribution in [0.3, 0.4) is 0 Å². The van der Waals surface area contributed by atoms with Gasteiger partial charge < -0.3 is 15.2 Å². The molecule has 2 aromatic heterocycles. The molecule has 3 heterocycles. The number of hydrogen-bond donors (Lipinski definition) is 1. The van der Waals surface area contributed by atoms with Gasteiger partial charge in [0.1, 0.15) is 29.5 Å². The van der Waals surface area contributed by atoms with Crippen LogP contribution in [0.5, 0.6) is 5.75 Å². The maximum Gasteiger partial charge on any atom is 0.283 e. The highest BCUT2D eigenvalue weighted by Crippen LogP contribution is 2.56. The third-order valence-corrected chi connectivity index (χ3v) is 5.79. The fourth-order valence-electron chi connectivity index (χ4n) is 4.20. The van der Waals surface area contributed by atoms with E-state index < -0.39 is 29.8 Å². The topological polar surface area (TPSA) is 95.5 Å². The van der Waals surface area contributed by atoms with Crippen LogP contribution in [0.1, 0.15) is 23.2 Å². The second-order valence-electron chi connectivity index (χ2n) is 7.63. The molecule has 1 aromatic carbocycles. The number of nitrogens with zero attached hydrogens (tertiary/aromatic N) is 4. The van der Waals surface area contributed by atoms with Crippen molar-refractivity contribution in [3.63, 3.8) is 0 Å². The third-order valence-electron chi connectivity index (χ3n) is 5.79. The summed E-state index contributed by atoms with van der Waals surface area (Å²) in [5.41, 5.74) is 5.69. The number of alkyl halides is 2. The number of nitrogens with two attached hydrogens (primary N) is 1. The van der Waals surface area contributed by atoms with Crippen molar-refractivity contribution in [2.45, 2.75) is 30.9 Å². The Morgan fingerprint density at radius 3 is 2.87 bits per heavy atom. The summed E-state index contributed by atoms with van der Waals surface area (Å²) < 4.78 is 53.8. The van der Waals surface area contributed by atoms with E-state index in [2.05, 4.69) is 19.9 Å². The number of ether oxygens (including phenoxy) is 2. The van der Waals surface area contributed by atoms with E-state index in [1.165, 1.54) is 31.6 Å². The lowest BCUT2D eigenvalue weighted by atomic mass is 9.83. The molecule has 0 radical (unpaired) electrons. The average molecular weight is 429 g/mol. The SMILES string of the molecule is COc1cnc2c(Cc3ccc(F)c([C@@]4(C(F)F)N=C(N)O[C@@H]5C[C@@H]54)c3)ncnc2c1. The van der Waals surface area contributed by atoms with Gasteiger partial charge in [-0.05, 0) is 24.1 Å². The number of amidine groups is 1. The number of benzene rings is 1. The Bertz CT molecular complexity index is 1200. The van der Waals surface area contributed by atoms with E-state index in [1.54, 1.807) is 12.3 Å². The summed E-state index contributed by atoms with van der Waals surface area (Å²) in [4.78, 5) is 16.7. The van der Waals surface area contributed by atoms with Gasteiger partial charge in [0.2, 0.25) is 0 Å². The lowest BCUT2D eigenvalue weighted by molar-refractivity contribution is 0.0176. The highest BCUT2D eigenvalue weighted by molar-refractivity contribution is 5.77. The minimum atomic E-state index is -2.94. The summed E-state index contributed by atoms with van der Waals surface area (Å²) in [6.45, 7) is 0. The summed E-state index contributed by atoms with van der Waals surface area (Å²) in [6.07, 6.45) is 0.115. The predicted molar refractivity (Wildman–Crippen MR) is 105 cm³/mol. The first-order chi connectivity index (χ1) is 14.9. The van der Waals surface area contributed by atoms with Gasteiger partial charge in [-0.25, -0.2) is 33.1 Å². The molecule has 0 spiro atoms. The van der Waals surface area contributed by atoms with Crippen molar-refractivity contribution in [3.05, 3.63) is 59.4 Å². The average Bonchev–Trinajstić information content (AvgIpc) is 3.53. The number of pyridine rings is 1. The molecule has 5 rings (SSSR count). The number of halogens is 3. The van der Waals surface area contributed by atoms with Gasteiger partial charge in [-0.1, -0.05) is 6.07 Å². The fraction of sp³-hybridized carbons (Fsp3) is 0.333. The monoisotopic (exact) mass is 429 g/mol. The van der Waals surface area contributed by atoms with Gasteiger partial charge in [0.05, 0.1) is 24.5 Å². The van der Waals surface area contributed by atoms with E-state index in [0.717, 1.165) is 0 Å². The highest BCUT2D eigenvalue weighted by Gasteiger charge is 2.64. The van der Waals surface area contributed by atoms with Crippen LogP contribution in [0.2, 0.25) is 0 Å². The Hall–Kier alpha value is -3.43. The molecule has 0 amide bonds. The lowest BCUT2D eigenvalue weighted by Crippen LogP contribution is -2.43. The van der Waals surface area contributed by atoms with Gasteiger partial charge in [-0.15, -0.1) is 0 Å². The minimum absolute atomic E-state index is 0.188. The standard InChI is InChI=1S/C21H18F3N5O2/c1-30-11-6-16-18(26-8-11)15(27-9-28-16)5-10-2-3-14(22)12(4-10)21(19(23)24)13-7-17(13)31-20(25)29-21/h2-4,6,8-9,13,17,19H,5,7H2,1H3,(H2,25,29)/t13-,17+,21+/m0/s1. The zero-order valence-corrected chi connectivity index (χ0v) is 16.4. The zero-order chi connectivity index (χ0) is 21.8. The molecule has 1 saturated carbocycles. The largest absolute Gasteiger partial charge is 0.495 e. The number of aromatic nitrogens is 3. The van der Waals surface area contributed by atoms with Crippen LogP contribution in [0.15, 0.2) is 41.8 Å². The maximum absolute atomic E-state index is 14.8. The van der Waals surface area contributed by atoms with Gasteiger partial charge >= 0.3 is 0 Å². The van der Waals surface area contributed by atoms with Gasteiger partial charge in [0.25, 0.3) is 12.4 Å². The number of fused-ring (bicyclic) bond motifs is 2. The molecular formula is C21H18F3N5O2. The fourth-order valence-corrected chi connectivity index (χ4v) is 4.20. The van der Waals surface area contributed by atoms with Crippen molar-refractivity contribution in [2.24, 2.45) is 16.6 Å². The molecule has 1 aliphatic carbocycles. The van der Waals surface area contributed by atoms with E-state index in [9.17, 15) is 13.2 Å². The Kier molecular flexibility index (Phi) is 4.45. The van der Waals surface area contributed by atoms with Gasteiger partial charge in [0, 0.05) is 24.0 Å². The van der Waals surface area contributed by atoms with Crippen molar-refractivity contribution in [1.82, 2.24) is 15.0 Å². The summed E-state index contributed by atoms with van der Waals surface area (Å²) in [5, 5.41) is 0. The second-order valence-corrected chi connectivity index (χ2v) is 7.63. The molecule has 0 bridgehead atoms. The third kappa shape index (κ3) is 3.13. The smallest absolute Gasteiger partial charge is 0.283 e. The normalized spacial score (nSPS) is 24.5. The summed E-state index contributed by atoms with van der Waals surface area (Å²) >= 11 is 0. The van der Waals surface area contributed by atoms with E-state index in [1.807, 2.05) is 0 Å². The van der Waals surface area contributed by atoms with Crippen LogP contribution in [0.4, 0.5) is 13.2 Å². The van der Waals surface area contributed by atoms with Crippen LogP contribution < -0.4 is 10.5 Å². The van der Waals surface area contributed by atoms with Crippen molar-refractivity contribution >= 4 is 17.1 Å². The van der Waals surface area contributed by atoms with Crippen LogP contribution in [0, 0.1) is 11.7 Å². The van der Waals surface area contributed by atoms with E-state index in [4.69, 9.17) is 15.2 Å². The van der Waals surface area contributed by atoms with E-state index in [0.29, 0.717) is 34.5 Å². The molecule has 2 N–H and O–H groups in total. The minimum Gasteiger partial charge on any atom is -0.495 e. The summed E-state index contributed by atoms with van der Waals surface area (Å²) in [7, 11) is 1.53. The first-order valence-corrected chi connectivity index (χ1v) is 9.65. The Labute approximate surface area is 175 Å². The molecule has 1 aliphatic heterocycles. The molecule has 0 saturated heterocycles. The van der Waals surface area contributed by atoms with Crippen molar-refractivity contribution in [2.75, 3.05) is 7.11 Å². The molecule has 3 atom stereocenters. The first kappa shape index (κ1) is 19.5. The summed E-state index contributed by atoms with van der Waals surface area (Å²) in [6, 6.07) is 5.50. The quantitative estimate of drug-likeness (QED) is 0.670. The maximum atomic E-state index is 14.8. The van der Waals surface area contributed by atoms with Gasteiger partial charge in [-0.2, -0.15) is 0 Å².